The number of hydrogen-bond acceptors (Lipinski definition) is 3. The third kappa shape index (κ3) is 5.08. The summed E-state index contributed by atoms with van der Waals surface area (Å²) in [7, 11) is 0. The fourth-order valence-electron chi connectivity index (χ4n) is 4.13. The number of anilines is 1. The number of amides is 2. The van der Waals surface area contributed by atoms with Gasteiger partial charge in [0.1, 0.15) is 0 Å². The molecule has 1 aromatic carbocycles. The summed E-state index contributed by atoms with van der Waals surface area (Å²) < 4.78 is 38.9. The number of benzene rings is 1. The molecule has 0 aliphatic carbocycles. The Bertz CT molecular complexity index is 773. The standard InChI is InChI=1S/C22H30F3N3O2/c1-21(2,3)20(30)28-9-7-16(8-10-28)19(29)27-13-11-26(12-14-27)18-6-4-5-17(15-18)22(23,24)25/h4-6,15-16H,7-14H2,1-3H3. The molecule has 2 saturated heterocycles. The van der Waals surface area contributed by atoms with Crippen LogP contribution >= 0.6 is 0 Å². The highest BCUT2D eigenvalue weighted by Crippen LogP contribution is 2.32. The molecule has 0 bridgehead atoms. The van der Waals surface area contributed by atoms with Crippen molar-refractivity contribution in [3.8, 4) is 0 Å². The summed E-state index contributed by atoms with van der Waals surface area (Å²) in [6.07, 6.45) is -3.04. The van der Waals surface area contributed by atoms with Gasteiger partial charge in [0.05, 0.1) is 5.56 Å². The Balaban J connectivity index is 1.52. The van der Waals surface area contributed by atoms with Crippen LogP contribution in [0.4, 0.5) is 18.9 Å². The predicted octanol–water partition coefficient (Wildman–Crippen LogP) is 3.64. The molecule has 30 heavy (non-hydrogen) atoms. The number of rotatable bonds is 2. The Labute approximate surface area is 175 Å². The van der Waals surface area contributed by atoms with E-state index in [2.05, 4.69) is 0 Å². The summed E-state index contributed by atoms with van der Waals surface area (Å²) >= 11 is 0. The molecule has 2 fully saturated rings. The monoisotopic (exact) mass is 425 g/mol. The minimum absolute atomic E-state index is 0.0888. The first-order valence-electron chi connectivity index (χ1n) is 10.5. The highest BCUT2D eigenvalue weighted by Gasteiger charge is 2.35. The van der Waals surface area contributed by atoms with Crippen LogP contribution in [0.3, 0.4) is 0 Å². The van der Waals surface area contributed by atoms with E-state index >= 15 is 0 Å². The number of carbonyl (C=O) groups excluding carboxylic acids is 2. The summed E-state index contributed by atoms with van der Waals surface area (Å²) in [5.74, 6) is 0.124. The molecule has 0 atom stereocenters. The van der Waals surface area contributed by atoms with E-state index < -0.39 is 17.2 Å². The second-order valence-corrected chi connectivity index (χ2v) is 9.18. The quantitative estimate of drug-likeness (QED) is 0.727. The lowest BCUT2D eigenvalue weighted by molar-refractivity contribution is -0.145. The largest absolute Gasteiger partial charge is 0.416 e. The lowest BCUT2D eigenvalue weighted by Crippen LogP contribution is -2.52. The Morgan fingerprint density at radius 1 is 0.900 bits per heavy atom. The van der Waals surface area contributed by atoms with Gasteiger partial charge in [0, 0.05) is 56.3 Å². The molecule has 2 heterocycles. The smallest absolute Gasteiger partial charge is 0.368 e. The van der Waals surface area contributed by atoms with Gasteiger partial charge in [-0.2, -0.15) is 13.2 Å². The van der Waals surface area contributed by atoms with Gasteiger partial charge in [-0.25, -0.2) is 0 Å². The SMILES string of the molecule is CC(C)(C)C(=O)N1CCC(C(=O)N2CCN(c3cccc(C(F)(F)F)c3)CC2)CC1. The van der Waals surface area contributed by atoms with Crippen molar-refractivity contribution in [1.29, 1.82) is 0 Å². The average molecular weight is 425 g/mol. The van der Waals surface area contributed by atoms with Crippen molar-refractivity contribution in [3.05, 3.63) is 29.8 Å². The maximum Gasteiger partial charge on any atom is 0.416 e. The molecule has 8 heteroatoms. The van der Waals surface area contributed by atoms with Crippen LogP contribution in [-0.2, 0) is 15.8 Å². The molecule has 0 unspecified atom stereocenters. The van der Waals surface area contributed by atoms with Crippen molar-refractivity contribution in [1.82, 2.24) is 9.80 Å². The molecule has 2 aliphatic rings. The van der Waals surface area contributed by atoms with Crippen molar-refractivity contribution in [2.24, 2.45) is 11.3 Å². The minimum Gasteiger partial charge on any atom is -0.368 e. The second-order valence-electron chi connectivity index (χ2n) is 9.18. The van der Waals surface area contributed by atoms with E-state index in [0.717, 1.165) is 6.07 Å². The van der Waals surface area contributed by atoms with Crippen LogP contribution in [0.2, 0.25) is 0 Å². The number of piperidine rings is 1. The molecule has 0 aromatic heterocycles. The number of nitrogens with zero attached hydrogens (tertiary/aromatic N) is 3. The van der Waals surface area contributed by atoms with Gasteiger partial charge < -0.3 is 14.7 Å². The van der Waals surface area contributed by atoms with Crippen LogP contribution in [-0.4, -0.2) is 60.9 Å². The van der Waals surface area contributed by atoms with Crippen LogP contribution in [0.5, 0.6) is 0 Å². The molecule has 2 aliphatic heterocycles. The van der Waals surface area contributed by atoms with Gasteiger partial charge in [-0.1, -0.05) is 26.8 Å². The van der Waals surface area contributed by atoms with Crippen LogP contribution in [0.15, 0.2) is 24.3 Å². The van der Waals surface area contributed by atoms with E-state index in [1.165, 1.54) is 12.1 Å². The fourth-order valence-corrected chi connectivity index (χ4v) is 4.13. The zero-order valence-corrected chi connectivity index (χ0v) is 17.8. The zero-order chi connectivity index (χ0) is 22.1. The van der Waals surface area contributed by atoms with Crippen molar-refractivity contribution in [3.63, 3.8) is 0 Å². The number of piperazine rings is 1. The Morgan fingerprint density at radius 3 is 2.03 bits per heavy atom. The van der Waals surface area contributed by atoms with E-state index in [4.69, 9.17) is 0 Å². The zero-order valence-electron chi connectivity index (χ0n) is 17.8. The van der Waals surface area contributed by atoms with E-state index in [-0.39, 0.29) is 17.7 Å². The molecule has 2 amide bonds. The molecule has 166 valence electrons. The van der Waals surface area contributed by atoms with Crippen LogP contribution in [0, 0.1) is 11.3 Å². The van der Waals surface area contributed by atoms with Gasteiger partial charge in [-0.15, -0.1) is 0 Å². The lowest BCUT2D eigenvalue weighted by atomic mass is 9.90. The van der Waals surface area contributed by atoms with E-state index in [9.17, 15) is 22.8 Å². The number of likely N-dealkylation sites (tertiary alicyclic amines) is 1. The maximum atomic E-state index is 13.0. The fraction of sp³-hybridized carbons (Fsp3) is 0.636. The Hall–Kier alpha value is -2.25. The number of halogens is 3. The summed E-state index contributed by atoms with van der Waals surface area (Å²) in [5.41, 5.74) is -0.544. The predicted molar refractivity (Wildman–Crippen MR) is 109 cm³/mol. The van der Waals surface area contributed by atoms with Gasteiger partial charge >= 0.3 is 6.18 Å². The first kappa shape index (κ1) is 22.4. The van der Waals surface area contributed by atoms with Gasteiger partial charge in [0.15, 0.2) is 0 Å². The molecular weight excluding hydrogens is 395 g/mol. The molecule has 1 aromatic rings. The lowest BCUT2D eigenvalue weighted by Gasteiger charge is -2.40. The minimum atomic E-state index is -4.36. The summed E-state index contributed by atoms with van der Waals surface area (Å²) in [5, 5.41) is 0. The molecule has 0 saturated carbocycles. The average Bonchev–Trinajstić information content (AvgIpc) is 2.72. The highest BCUT2D eigenvalue weighted by molar-refractivity contribution is 5.83. The summed E-state index contributed by atoms with van der Waals surface area (Å²) in [4.78, 5) is 30.9. The second kappa shape index (κ2) is 8.47. The van der Waals surface area contributed by atoms with Gasteiger partial charge in [0.2, 0.25) is 11.8 Å². The Morgan fingerprint density at radius 2 is 1.50 bits per heavy atom. The molecule has 0 N–H and O–H groups in total. The van der Waals surface area contributed by atoms with Crippen molar-refractivity contribution >= 4 is 17.5 Å². The van der Waals surface area contributed by atoms with Crippen LogP contribution in [0.25, 0.3) is 0 Å². The molecular formula is C22H30F3N3O2. The molecule has 5 nitrogen and oxygen atoms in total. The Kier molecular flexibility index (Phi) is 6.34. The molecule has 0 spiro atoms. The first-order chi connectivity index (χ1) is 14.0. The first-order valence-corrected chi connectivity index (χ1v) is 10.5. The van der Waals surface area contributed by atoms with Crippen LogP contribution in [0.1, 0.15) is 39.2 Å². The summed E-state index contributed by atoms with van der Waals surface area (Å²) in [6.45, 7) is 8.89. The topological polar surface area (TPSA) is 43.9 Å². The third-order valence-corrected chi connectivity index (χ3v) is 5.90. The normalized spacial score (nSPS) is 19.2. The number of alkyl halides is 3. The van der Waals surface area contributed by atoms with E-state index in [1.54, 1.807) is 6.07 Å². The number of carbonyl (C=O) groups is 2. The summed E-state index contributed by atoms with van der Waals surface area (Å²) in [6, 6.07) is 5.33. The maximum absolute atomic E-state index is 13.0. The van der Waals surface area contributed by atoms with Crippen molar-refractivity contribution in [2.45, 2.75) is 39.8 Å². The molecule has 0 radical (unpaired) electrons. The van der Waals surface area contributed by atoms with Gasteiger partial charge in [-0.3, -0.25) is 9.59 Å². The highest BCUT2D eigenvalue weighted by atomic mass is 19.4. The molecule has 3 rings (SSSR count). The van der Waals surface area contributed by atoms with Crippen molar-refractivity contribution < 1.29 is 22.8 Å². The van der Waals surface area contributed by atoms with Gasteiger partial charge in [-0.05, 0) is 31.0 Å². The van der Waals surface area contributed by atoms with E-state index in [0.29, 0.717) is 57.8 Å². The third-order valence-electron chi connectivity index (χ3n) is 5.90. The number of hydrogen-bond donors (Lipinski definition) is 0. The van der Waals surface area contributed by atoms with Crippen molar-refractivity contribution in [2.75, 3.05) is 44.2 Å². The van der Waals surface area contributed by atoms with Crippen LogP contribution < -0.4 is 4.90 Å². The van der Waals surface area contributed by atoms with Gasteiger partial charge in [0.25, 0.3) is 0 Å². The van der Waals surface area contributed by atoms with E-state index in [1.807, 2.05) is 35.5 Å².